The summed E-state index contributed by atoms with van der Waals surface area (Å²) in [7, 11) is -4.28. The van der Waals surface area contributed by atoms with Crippen LogP contribution in [0.5, 0.6) is 0 Å². The Morgan fingerprint density at radius 3 is 2.23 bits per heavy atom. The van der Waals surface area contributed by atoms with E-state index >= 15 is 0 Å². The lowest BCUT2D eigenvalue weighted by molar-refractivity contribution is 0.233. The summed E-state index contributed by atoms with van der Waals surface area (Å²) in [5.41, 5.74) is -0.314. The number of benzene rings is 2. The molecule has 170 valence electrons. The minimum atomic E-state index is -4.28. The average Bonchev–Trinajstić information content (AvgIpc) is 3.33. The minimum absolute atomic E-state index is 0. The Hall–Kier alpha value is -1.72. The number of nitrogens with one attached hydrogen (secondary N) is 1. The summed E-state index contributed by atoms with van der Waals surface area (Å²) < 4.78 is 70.6. The van der Waals surface area contributed by atoms with E-state index in [0.29, 0.717) is 40.8 Å². The third-order valence-corrected chi connectivity index (χ3v) is 7.60. The molecule has 1 N–H and O–H groups in total. The first kappa shape index (κ1) is 23.9. The maximum absolute atomic E-state index is 14.4. The van der Waals surface area contributed by atoms with Crippen molar-refractivity contribution >= 4 is 52.1 Å². The van der Waals surface area contributed by atoms with Crippen LogP contribution in [0, 0.1) is 17.5 Å². The van der Waals surface area contributed by atoms with Gasteiger partial charge in [0.2, 0.25) is 0 Å². The Morgan fingerprint density at radius 2 is 1.65 bits per heavy atom. The van der Waals surface area contributed by atoms with E-state index in [9.17, 15) is 21.6 Å². The van der Waals surface area contributed by atoms with Gasteiger partial charge in [-0.2, -0.15) is 8.42 Å². The second-order valence-electron chi connectivity index (χ2n) is 7.54. The molecule has 2 saturated heterocycles. The SMILES string of the molecule is Cl.Cl.O=S1(=O)N(CCN2C[C@@H]3C[C@H]2CN3)c2ccccc2N1c1c(F)cc(F)cc1F. The second-order valence-corrected chi connectivity index (χ2v) is 9.24. The lowest BCUT2D eigenvalue weighted by Crippen LogP contribution is -2.47. The van der Waals surface area contributed by atoms with Crippen molar-refractivity contribution in [2.45, 2.75) is 18.5 Å². The van der Waals surface area contributed by atoms with Crippen molar-refractivity contribution in [3.8, 4) is 0 Å². The number of para-hydroxylation sites is 2. The Labute approximate surface area is 191 Å². The largest absolute Gasteiger partial charge is 0.331 e. The number of hydrogen-bond acceptors (Lipinski definition) is 4. The molecule has 0 amide bonds. The minimum Gasteiger partial charge on any atom is -0.311 e. The number of nitrogens with zero attached hydrogens (tertiary/aromatic N) is 3. The molecular formula is C19H21Cl2F3N4O2S. The number of anilines is 3. The molecule has 6 nitrogen and oxygen atoms in total. The van der Waals surface area contributed by atoms with Crippen LogP contribution < -0.4 is 13.9 Å². The van der Waals surface area contributed by atoms with Gasteiger partial charge in [-0.15, -0.1) is 24.8 Å². The molecule has 2 bridgehead atoms. The number of piperazine rings is 1. The van der Waals surface area contributed by atoms with Gasteiger partial charge in [0, 0.05) is 50.4 Å². The van der Waals surface area contributed by atoms with E-state index in [4.69, 9.17) is 0 Å². The van der Waals surface area contributed by atoms with Gasteiger partial charge in [-0.25, -0.2) is 21.8 Å². The highest BCUT2D eigenvalue weighted by molar-refractivity contribution is 7.95. The van der Waals surface area contributed by atoms with Gasteiger partial charge in [0.25, 0.3) is 0 Å². The van der Waals surface area contributed by atoms with Gasteiger partial charge < -0.3 is 5.32 Å². The Kier molecular flexibility index (Phi) is 6.69. The molecule has 2 atom stereocenters. The molecule has 0 unspecified atom stereocenters. The van der Waals surface area contributed by atoms with Gasteiger partial charge in [-0.3, -0.25) is 4.90 Å². The lowest BCUT2D eigenvalue weighted by Gasteiger charge is -2.29. The molecule has 0 aromatic heterocycles. The first-order chi connectivity index (χ1) is 13.9. The topological polar surface area (TPSA) is 55.9 Å². The Balaban J connectivity index is 0.00000136. The van der Waals surface area contributed by atoms with Crippen molar-refractivity contribution in [3.63, 3.8) is 0 Å². The molecule has 2 fully saturated rings. The zero-order valence-electron chi connectivity index (χ0n) is 16.2. The van der Waals surface area contributed by atoms with Gasteiger partial charge >= 0.3 is 10.2 Å². The maximum atomic E-state index is 14.4. The summed E-state index contributed by atoms with van der Waals surface area (Å²) in [4.78, 5) is 2.24. The van der Waals surface area contributed by atoms with Crippen LogP contribution in [0.4, 0.5) is 30.2 Å². The van der Waals surface area contributed by atoms with Crippen LogP contribution >= 0.6 is 24.8 Å². The molecule has 0 spiro atoms. The predicted molar refractivity (Wildman–Crippen MR) is 117 cm³/mol. The molecule has 0 radical (unpaired) electrons. The summed E-state index contributed by atoms with van der Waals surface area (Å²) in [5.74, 6) is -3.65. The van der Waals surface area contributed by atoms with E-state index in [0.717, 1.165) is 19.5 Å². The van der Waals surface area contributed by atoms with Crippen molar-refractivity contribution in [1.82, 2.24) is 10.2 Å². The first-order valence-corrected chi connectivity index (χ1v) is 10.8. The second kappa shape index (κ2) is 8.67. The van der Waals surface area contributed by atoms with Crippen molar-refractivity contribution < 1.29 is 21.6 Å². The number of rotatable bonds is 4. The normalized spacial score (nSPS) is 23.5. The van der Waals surface area contributed by atoms with Crippen LogP contribution in [0.25, 0.3) is 0 Å². The quantitative estimate of drug-likeness (QED) is 0.706. The molecule has 0 saturated carbocycles. The van der Waals surface area contributed by atoms with Crippen LogP contribution in [0.2, 0.25) is 0 Å². The molecular weight excluding hydrogens is 476 g/mol. The van der Waals surface area contributed by atoms with E-state index in [2.05, 4.69) is 10.2 Å². The van der Waals surface area contributed by atoms with Crippen molar-refractivity contribution in [3.05, 3.63) is 53.8 Å². The summed E-state index contributed by atoms with van der Waals surface area (Å²) in [6.45, 7) is 2.40. The highest BCUT2D eigenvalue weighted by atomic mass is 35.5. The third-order valence-electron chi connectivity index (χ3n) is 5.82. The summed E-state index contributed by atoms with van der Waals surface area (Å²) in [5, 5.41) is 3.40. The zero-order valence-corrected chi connectivity index (χ0v) is 18.6. The molecule has 3 heterocycles. The fourth-order valence-electron chi connectivity index (χ4n) is 4.53. The van der Waals surface area contributed by atoms with Gasteiger partial charge in [0.1, 0.15) is 11.5 Å². The monoisotopic (exact) mass is 496 g/mol. The molecule has 3 aliphatic heterocycles. The van der Waals surface area contributed by atoms with Crippen LogP contribution in [-0.2, 0) is 10.2 Å². The molecule has 12 heteroatoms. The average molecular weight is 497 g/mol. The van der Waals surface area contributed by atoms with E-state index in [1.165, 1.54) is 10.4 Å². The van der Waals surface area contributed by atoms with Crippen molar-refractivity contribution in [1.29, 1.82) is 0 Å². The van der Waals surface area contributed by atoms with Gasteiger partial charge in [-0.05, 0) is 18.6 Å². The van der Waals surface area contributed by atoms with E-state index in [-0.39, 0.29) is 37.0 Å². The first-order valence-electron chi connectivity index (χ1n) is 9.40. The van der Waals surface area contributed by atoms with Gasteiger partial charge in [-0.1, -0.05) is 12.1 Å². The fourth-order valence-corrected chi connectivity index (χ4v) is 6.26. The number of halogens is 5. The maximum Gasteiger partial charge on any atom is 0.331 e. The number of fused-ring (bicyclic) bond motifs is 3. The Bertz CT molecular complexity index is 1070. The standard InChI is InChI=1S/C19H19F3N4O2S.2ClH/c20-12-7-15(21)19(16(22)8-12)26-18-4-2-1-3-17(18)25(29(26,27)28)6-5-24-11-13-9-14(24)10-23-13;;/h1-4,7-8,13-14,23H,5-6,9-11H2;2*1H/t13-,14-;;/m0../s1. The van der Waals surface area contributed by atoms with Crippen LogP contribution in [-0.4, -0.2) is 51.6 Å². The molecule has 3 aliphatic rings. The highest BCUT2D eigenvalue weighted by Gasteiger charge is 2.44. The van der Waals surface area contributed by atoms with Crippen LogP contribution in [0.3, 0.4) is 0 Å². The van der Waals surface area contributed by atoms with E-state index < -0.39 is 33.3 Å². The molecule has 31 heavy (non-hydrogen) atoms. The molecule has 2 aromatic rings. The van der Waals surface area contributed by atoms with E-state index in [1.54, 1.807) is 18.2 Å². The van der Waals surface area contributed by atoms with Crippen LogP contribution in [0.1, 0.15) is 6.42 Å². The third kappa shape index (κ3) is 3.84. The zero-order chi connectivity index (χ0) is 20.3. The smallest absolute Gasteiger partial charge is 0.311 e. The summed E-state index contributed by atoms with van der Waals surface area (Å²) in [6.07, 6.45) is 1.04. The summed E-state index contributed by atoms with van der Waals surface area (Å²) in [6, 6.07) is 8.12. The van der Waals surface area contributed by atoms with E-state index in [1.807, 2.05) is 0 Å². The molecule has 5 rings (SSSR count). The van der Waals surface area contributed by atoms with Gasteiger partial charge in [0.15, 0.2) is 11.6 Å². The Morgan fingerprint density at radius 1 is 1.00 bits per heavy atom. The molecule has 2 aromatic carbocycles. The highest BCUT2D eigenvalue weighted by Crippen LogP contribution is 2.46. The van der Waals surface area contributed by atoms with Crippen molar-refractivity contribution in [2.24, 2.45) is 0 Å². The number of likely N-dealkylation sites (tertiary alicyclic amines) is 1. The molecule has 0 aliphatic carbocycles. The fraction of sp³-hybridized carbons (Fsp3) is 0.368. The van der Waals surface area contributed by atoms with Gasteiger partial charge in [0.05, 0.1) is 11.4 Å². The predicted octanol–water partition coefficient (Wildman–Crippen LogP) is 3.20. The van der Waals surface area contributed by atoms with Crippen LogP contribution in [0.15, 0.2) is 36.4 Å². The summed E-state index contributed by atoms with van der Waals surface area (Å²) >= 11 is 0. The number of hydrogen-bond donors (Lipinski definition) is 1. The lowest BCUT2D eigenvalue weighted by atomic mass is 10.2. The van der Waals surface area contributed by atoms with Crippen molar-refractivity contribution in [2.75, 3.05) is 34.8 Å².